The molecule has 0 fully saturated rings. The third kappa shape index (κ3) is 4.55. The molecule has 29 heavy (non-hydrogen) atoms. The number of aliphatic hydroxyl groups excluding tert-OH is 2. The van der Waals surface area contributed by atoms with Crippen LogP contribution >= 0.6 is 0 Å². The van der Waals surface area contributed by atoms with Crippen LogP contribution in [0.15, 0.2) is 48.5 Å². The summed E-state index contributed by atoms with van der Waals surface area (Å²) in [6.07, 6.45) is 2.80. The van der Waals surface area contributed by atoms with E-state index in [4.69, 9.17) is 0 Å². The van der Waals surface area contributed by atoms with E-state index in [2.05, 4.69) is 11.9 Å². The molecule has 0 unspecified atom stereocenters. The minimum atomic E-state index is -0.951. The minimum absolute atomic E-state index is 0.181. The van der Waals surface area contributed by atoms with E-state index in [1.54, 1.807) is 18.2 Å². The highest BCUT2D eigenvalue weighted by Gasteiger charge is 2.16. The number of imidazole rings is 1. The zero-order valence-electron chi connectivity index (χ0n) is 16.5. The van der Waals surface area contributed by atoms with Crippen molar-refractivity contribution in [1.82, 2.24) is 9.55 Å². The van der Waals surface area contributed by atoms with Crippen LogP contribution in [-0.2, 0) is 26.2 Å². The number of hydrogen-bond donors (Lipinski definition) is 3. The van der Waals surface area contributed by atoms with Crippen molar-refractivity contribution in [3.63, 3.8) is 0 Å². The summed E-state index contributed by atoms with van der Waals surface area (Å²) in [5, 5.41) is 28.8. The van der Waals surface area contributed by atoms with E-state index in [1.807, 2.05) is 34.9 Å². The average molecular weight is 394 g/mol. The van der Waals surface area contributed by atoms with Crippen molar-refractivity contribution >= 4 is 5.97 Å². The third-order valence-electron chi connectivity index (χ3n) is 5.05. The van der Waals surface area contributed by atoms with Crippen molar-refractivity contribution < 1.29 is 20.1 Å². The number of carboxylic acids is 1. The molecule has 0 saturated heterocycles. The van der Waals surface area contributed by atoms with Gasteiger partial charge in [0.25, 0.3) is 0 Å². The van der Waals surface area contributed by atoms with E-state index < -0.39 is 5.97 Å². The van der Waals surface area contributed by atoms with Crippen LogP contribution in [0.4, 0.5) is 0 Å². The molecule has 0 spiro atoms. The summed E-state index contributed by atoms with van der Waals surface area (Å²) in [4.78, 5) is 16.0. The Morgan fingerprint density at radius 2 is 1.76 bits per heavy atom. The molecule has 0 saturated carbocycles. The summed E-state index contributed by atoms with van der Waals surface area (Å²) in [6.45, 7) is 2.26. The van der Waals surface area contributed by atoms with E-state index in [1.165, 1.54) is 0 Å². The number of carbonyl (C=O) groups is 1. The lowest BCUT2D eigenvalue weighted by Gasteiger charge is -2.12. The second-order valence-electron chi connectivity index (χ2n) is 6.98. The van der Waals surface area contributed by atoms with Gasteiger partial charge in [0.1, 0.15) is 5.82 Å². The Balaban J connectivity index is 1.91. The molecule has 3 aromatic rings. The van der Waals surface area contributed by atoms with Gasteiger partial charge in [-0.25, -0.2) is 9.78 Å². The molecule has 0 aliphatic heterocycles. The number of hydrogen-bond acceptors (Lipinski definition) is 4. The lowest BCUT2D eigenvalue weighted by Crippen LogP contribution is -2.09. The van der Waals surface area contributed by atoms with Crippen molar-refractivity contribution in [2.24, 2.45) is 0 Å². The molecular weight excluding hydrogens is 368 g/mol. The number of nitrogens with zero attached hydrogens (tertiary/aromatic N) is 2. The zero-order chi connectivity index (χ0) is 20.8. The molecule has 6 heteroatoms. The summed E-state index contributed by atoms with van der Waals surface area (Å²) >= 11 is 0. The number of rotatable bonds is 9. The smallest absolute Gasteiger partial charge is 0.336 e. The average Bonchev–Trinajstić information content (AvgIpc) is 3.09. The van der Waals surface area contributed by atoms with Gasteiger partial charge < -0.3 is 19.9 Å². The van der Waals surface area contributed by atoms with Gasteiger partial charge in [0, 0.05) is 13.0 Å². The van der Waals surface area contributed by atoms with E-state index in [-0.39, 0.29) is 18.8 Å². The van der Waals surface area contributed by atoms with Gasteiger partial charge >= 0.3 is 5.97 Å². The SMILES string of the molecule is CCCCc1nc(CO)c(CO)n1Cc1ccc(-c2ccccc2C(=O)O)cc1. The summed E-state index contributed by atoms with van der Waals surface area (Å²) in [5.41, 5.74) is 3.95. The van der Waals surface area contributed by atoms with Gasteiger partial charge in [0.05, 0.1) is 30.2 Å². The Labute approximate surface area is 170 Å². The highest BCUT2D eigenvalue weighted by atomic mass is 16.4. The molecular formula is C23H26N2O4. The molecule has 6 nitrogen and oxygen atoms in total. The standard InChI is InChI=1S/C23H26N2O4/c1-2-3-8-22-24-20(14-26)21(15-27)25(22)13-16-9-11-17(12-10-16)18-6-4-5-7-19(18)23(28)29/h4-7,9-12,26-27H,2-3,8,13-15H2,1H3,(H,28,29). The number of aromatic nitrogens is 2. The zero-order valence-corrected chi connectivity index (χ0v) is 16.5. The Morgan fingerprint density at radius 1 is 1.03 bits per heavy atom. The van der Waals surface area contributed by atoms with Crippen LogP contribution in [0.5, 0.6) is 0 Å². The Kier molecular flexibility index (Phi) is 6.80. The molecule has 0 bridgehead atoms. The predicted molar refractivity (Wildman–Crippen MR) is 111 cm³/mol. The Bertz CT molecular complexity index is 977. The van der Waals surface area contributed by atoms with Crippen molar-refractivity contribution in [3.05, 3.63) is 76.9 Å². The molecule has 0 atom stereocenters. The Morgan fingerprint density at radius 3 is 2.38 bits per heavy atom. The van der Waals surface area contributed by atoms with Crippen molar-refractivity contribution in [2.45, 2.75) is 45.9 Å². The second kappa shape index (κ2) is 9.49. The summed E-state index contributed by atoms with van der Waals surface area (Å²) < 4.78 is 1.97. The molecule has 1 aromatic heterocycles. The number of benzene rings is 2. The monoisotopic (exact) mass is 394 g/mol. The van der Waals surface area contributed by atoms with Crippen molar-refractivity contribution in [1.29, 1.82) is 0 Å². The Hall–Kier alpha value is -2.96. The summed E-state index contributed by atoms with van der Waals surface area (Å²) in [5.74, 6) is -0.0898. The van der Waals surface area contributed by atoms with Gasteiger partial charge in [0.2, 0.25) is 0 Å². The van der Waals surface area contributed by atoms with Crippen LogP contribution in [0.25, 0.3) is 11.1 Å². The van der Waals surface area contributed by atoms with Crippen LogP contribution in [0.1, 0.15) is 52.9 Å². The van der Waals surface area contributed by atoms with E-state index in [0.717, 1.165) is 36.2 Å². The molecule has 0 radical (unpaired) electrons. The van der Waals surface area contributed by atoms with Crippen LogP contribution in [0.3, 0.4) is 0 Å². The van der Waals surface area contributed by atoms with Gasteiger partial charge in [0.15, 0.2) is 0 Å². The number of carboxylic acid groups (broad SMARTS) is 1. The largest absolute Gasteiger partial charge is 0.478 e. The third-order valence-corrected chi connectivity index (χ3v) is 5.05. The molecule has 0 aliphatic carbocycles. The van der Waals surface area contributed by atoms with Gasteiger partial charge in [-0.15, -0.1) is 0 Å². The fourth-order valence-electron chi connectivity index (χ4n) is 3.50. The van der Waals surface area contributed by atoms with E-state index in [0.29, 0.717) is 23.5 Å². The number of aryl methyl sites for hydroxylation is 1. The summed E-state index contributed by atoms with van der Waals surface area (Å²) in [6, 6.07) is 14.7. The fourth-order valence-corrected chi connectivity index (χ4v) is 3.50. The molecule has 0 aliphatic rings. The molecule has 152 valence electrons. The predicted octanol–water partition coefficient (Wildman–Crippen LogP) is 3.62. The molecule has 2 aromatic carbocycles. The first kappa shape index (κ1) is 20.8. The molecule has 0 amide bonds. The van der Waals surface area contributed by atoms with E-state index in [9.17, 15) is 20.1 Å². The maximum atomic E-state index is 11.5. The number of aromatic carboxylic acids is 1. The molecule has 3 N–H and O–H groups in total. The van der Waals surface area contributed by atoms with Gasteiger partial charge in [-0.3, -0.25) is 0 Å². The highest BCUT2D eigenvalue weighted by Crippen LogP contribution is 2.25. The van der Waals surface area contributed by atoms with Gasteiger partial charge in [-0.2, -0.15) is 0 Å². The van der Waals surface area contributed by atoms with Gasteiger partial charge in [-0.05, 0) is 29.2 Å². The van der Waals surface area contributed by atoms with Crippen molar-refractivity contribution in [2.75, 3.05) is 0 Å². The number of aliphatic hydroxyl groups is 2. The number of unbranched alkanes of at least 4 members (excludes halogenated alkanes) is 1. The second-order valence-corrected chi connectivity index (χ2v) is 6.98. The normalized spacial score (nSPS) is 11.0. The van der Waals surface area contributed by atoms with Gasteiger partial charge in [-0.1, -0.05) is 55.8 Å². The van der Waals surface area contributed by atoms with Crippen LogP contribution in [0, 0.1) is 0 Å². The first-order chi connectivity index (χ1) is 14.1. The topological polar surface area (TPSA) is 95.6 Å². The lowest BCUT2D eigenvalue weighted by molar-refractivity contribution is 0.0697. The molecule has 1 heterocycles. The maximum Gasteiger partial charge on any atom is 0.336 e. The first-order valence-electron chi connectivity index (χ1n) is 9.79. The van der Waals surface area contributed by atoms with Crippen LogP contribution in [0.2, 0.25) is 0 Å². The summed E-state index contributed by atoms with van der Waals surface area (Å²) in [7, 11) is 0. The quantitative estimate of drug-likeness (QED) is 0.515. The van der Waals surface area contributed by atoms with E-state index >= 15 is 0 Å². The lowest BCUT2D eigenvalue weighted by atomic mass is 9.99. The van der Waals surface area contributed by atoms with Crippen molar-refractivity contribution in [3.8, 4) is 11.1 Å². The fraction of sp³-hybridized carbons (Fsp3) is 0.304. The van der Waals surface area contributed by atoms with Crippen LogP contribution in [-0.4, -0.2) is 30.8 Å². The maximum absolute atomic E-state index is 11.5. The van der Waals surface area contributed by atoms with Crippen LogP contribution < -0.4 is 0 Å². The molecule has 3 rings (SSSR count). The first-order valence-corrected chi connectivity index (χ1v) is 9.79. The minimum Gasteiger partial charge on any atom is -0.478 e. The highest BCUT2D eigenvalue weighted by molar-refractivity contribution is 5.95.